The molecule has 1 heterocycles. The first kappa shape index (κ1) is 21.2. The van der Waals surface area contributed by atoms with E-state index in [9.17, 15) is 9.59 Å². The summed E-state index contributed by atoms with van der Waals surface area (Å²) in [7, 11) is 0. The number of carbonyl (C=O) groups excluding carboxylic acids is 1. The van der Waals surface area contributed by atoms with Crippen LogP contribution in [0.3, 0.4) is 0 Å². The fourth-order valence-corrected chi connectivity index (χ4v) is 3.64. The molecule has 0 aromatic carbocycles. The largest absolute Gasteiger partial charge is 0.465 e. The molecule has 1 aromatic heterocycles. The van der Waals surface area contributed by atoms with Crippen molar-refractivity contribution in [1.29, 1.82) is 0 Å². The van der Waals surface area contributed by atoms with Gasteiger partial charge >= 0.3 is 0 Å². The normalized spacial score (nSPS) is 21.9. The van der Waals surface area contributed by atoms with Gasteiger partial charge in [-0.25, -0.2) is 0 Å². The maximum Gasteiger partial charge on any atom is 0.259 e. The number of amides is 1. The molecule has 0 spiro atoms. The Hall–Kier alpha value is -2.10. The van der Waals surface area contributed by atoms with Gasteiger partial charge in [0.15, 0.2) is 0 Å². The van der Waals surface area contributed by atoms with Crippen molar-refractivity contribution in [3.8, 4) is 0 Å². The first-order valence-electron chi connectivity index (χ1n) is 10.1. The molecular weight excluding hydrogens is 338 g/mol. The topological polar surface area (TPSA) is 59.3 Å². The van der Waals surface area contributed by atoms with Gasteiger partial charge in [-0.3, -0.25) is 9.59 Å². The highest BCUT2D eigenvalue weighted by Crippen LogP contribution is 2.36. The van der Waals surface area contributed by atoms with Crippen LogP contribution in [0, 0.1) is 19.3 Å². The Labute approximate surface area is 162 Å². The van der Waals surface area contributed by atoms with E-state index in [0.29, 0.717) is 23.5 Å². The zero-order chi connectivity index (χ0) is 20.2. The number of aryl methyl sites for hydroxylation is 2. The molecule has 0 aliphatic heterocycles. The van der Waals surface area contributed by atoms with Gasteiger partial charge in [-0.1, -0.05) is 52.3 Å². The maximum absolute atomic E-state index is 13.2. The molecular formula is C23H33NO3. The van der Waals surface area contributed by atoms with Crippen LogP contribution >= 0.6 is 0 Å². The molecule has 2 rings (SSSR count). The molecule has 1 aliphatic carbocycles. The second-order valence-corrected chi connectivity index (χ2v) is 7.73. The van der Waals surface area contributed by atoms with E-state index >= 15 is 0 Å². The van der Waals surface area contributed by atoms with E-state index in [-0.39, 0.29) is 28.4 Å². The van der Waals surface area contributed by atoms with Crippen LogP contribution in [-0.2, 0) is 6.42 Å². The molecule has 2 atom stereocenters. The summed E-state index contributed by atoms with van der Waals surface area (Å²) in [4.78, 5) is 26.1. The molecule has 4 nitrogen and oxygen atoms in total. The van der Waals surface area contributed by atoms with Crippen molar-refractivity contribution in [1.82, 2.24) is 5.32 Å². The number of unbranched alkanes of at least 4 members (excludes halogenated alkanes) is 1. The van der Waals surface area contributed by atoms with Crippen LogP contribution in [0.25, 0.3) is 0 Å². The van der Waals surface area contributed by atoms with Crippen molar-refractivity contribution >= 4 is 5.91 Å². The van der Waals surface area contributed by atoms with Crippen molar-refractivity contribution in [3.05, 3.63) is 56.7 Å². The quantitative estimate of drug-likeness (QED) is 0.732. The Morgan fingerprint density at radius 1 is 1.26 bits per heavy atom. The van der Waals surface area contributed by atoms with Crippen LogP contribution in [0.1, 0.15) is 80.8 Å². The van der Waals surface area contributed by atoms with Gasteiger partial charge in [0.1, 0.15) is 17.1 Å². The molecule has 2 unspecified atom stereocenters. The molecule has 0 bridgehead atoms. The molecule has 0 radical (unpaired) electrons. The molecule has 1 aromatic rings. The lowest BCUT2D eigenvalue weighted by molar-refractivity contribution is 0.0910. The number of carbonyl (C=O) groups is 1. The summed E-state index contributed by atoms with van der Waals surface area (Å²) in [6.07, 6.45) is 10.5. The Bertz CT molecular complexity index is 816. The van der Waals surface area contributed by atoms with E-state index in [1.165, 1.54) is 5.57 Å². The number of allylic oxidation sites excluding steroid dienone is 2. The van der Waals surface area contributed by atoms with E-state index in [4.69, 9.17) is 4.42 Å². The average Bonchev–Trinajstić information content (AvgIpc) is 2.65. The van der Waals surface area contributed by atoms with Crippen molar-refractivity contribution in [3.63, 3.8) is 0 Å². The molecule has 0 fully saturated rings. The highest BCUT2D eigenvalue weighted by molar-refractivity contribution is 5.95. The predicted molar refractivity (Wildman–Crippen MR) is 110 cm³/mol. The monoisotopic (exact) mass is 371 g/mol. The van der Waals surface area contributed by atoms with E-state index < -0.39 is 0 Å². The fraction of sp³-hybridized carbons (Fsp3) is 0.565. The van der Waals surface area contributed by atoms with Crippen LogP contribution in [0.15, 0.2) is 33.0 Å². The molecule has 0 saturated carbocycles. The predicted octanol–water partition coefficient (Wildman–Crippen LogP) is 5.02. The number of hydrogen-bond donors (Lipinski definition) is 1. The first-order valence-corrected chi connectivity index (χ1v) is 10.1. The standard InChI is InChI=1S/C23H33NO3/c1-7-10-13-18-19(20(25)15(4)16(5)27-18)22(26)24-21-17(8-2)12-11-14-23(21,6)9-3/h11-12,14,21H,7-10,13H2,1-6H3,(H,24,26). The lowest BCUT2D eigenvalue weighted by Gasteiger charge is -2.38. The Balaban J connectivity index is 2.45. The lowest BCUT2D eigenvalue weighted by atomic mass is 9.72. The van der Waals surface area contributed by atoms with Crippen LogP contribution < -0.4 is 10.7 Å². The van der Waals surface area contributed by atoms with E-state index in [2.05, 4.69) is 51.2 Å². The minimum Gasteiger partial charge on any atom is -0.465 e. The van der Waals surface area contributed by atoms with Gasteiger partial charge in [0.25, 0.3) is 5.91 Å². The Kier molecular flexibility index (Phi) is 6.85. The summed E-state index contributed by atoms with van der Waals surface area (Å²) < 4.78 is 5.87. The van der Waals surface area contributed by atoms with Crippen LogP contribution in [0.5, 0.6) is 0 Å². The zero-order valence-electron chi connectivity index (χ0n) is 17.6. The van der Waals surface area contributed by atoms with Crippen molar-refractivity contribution < 1.29 is 9.21 Å². The fourth-order valence-electron chi connectivity index (χ4n) is 3.64. The van der Waals surface area contributed by atoms with E-state index in [1.54, 1.807) is 13.8 Å². The van der Waals surface area contributed by atoms with Crippen molar-refractivity contribution in [2.24, 2.45) is 5.41 Å². The smallest absolute Gasteiger partial charge is 0.259 e. The van der Waals surface area contributed by atoms with Gasteiger partial charge in [-0.15, -0.1) is 0 Å². The minimum atomic E-state index is -0.322. The summed E-state index contributed by atoms with van der Waals surface area (Å²) in [5.41, 5.74) is 1.48. The third-order valence-corrected chi connectivity index (χ3v) is 5.90. The Morgan fingerprint density at radius 3 is 2.56 bits per heavy atom. The van der Waals surface area contributed by atoms with Gasteiger partial charge < -0.3 is 9.73 Å². The maximum atomic E-state index is 13.2. The molecule has 1 aliphatic rings. The molecule has 27 heavy (non-hydrogen) atoms. The van der Waals surface area contributed by atoms with Crippen LogP contribution in [-0.4, -0.2) is 11.9 Å². The zero-order valence-corrected chi connectivity index (χ0v) is 17.6. The number of nitrogens with one attached hydrogen (secondary N) is 1. The highest BCUT2D eigenvalue weighted by atomic mass is 16.3. The summed E-state index contributed by atoms with van der Waals surface area (Å²) in [6.45, 7) is 12.0. The second kappa shape index (κ2) is 8.73. The first-order chi connectivity index (χ1) is 12.8. The third kappa shape index (κ3) is 4.26. The van der Waals surface area contributed by atoms with E-state index in [0.717, 1.165) is 25.7 Å². The number of rotatable bonds is 7. The molecule has 4 heteroatoms. The van der Waals surface area contributed by atoms with Gasteiger partial charge in [0, 0.05) is 17.4 Å². The second-order valence-electron chi connectivity index (χ2n) is 7.73. The van der Waals surface area contributed by atoms with Crippen molar-refractivity contribution in [2.75, 3.05) is 0 Å². The van der Waals surface area contributed by atoms with Crippen molar-refractivity contribution in [2.45, 2.75) is 79.7 Å². The Morgan fingerprint density at radius 2 is 1.96 bits per heavy atom. The van der Waals surface area contributed by atoms with Gasteiger partial charge in [-0.05, 0) is 38.7 Å². The molecule has 1 N–H and O–H groups in total. The lowest BCUT2D eigenvalue weighted by Crippen LogP contribution is -2.48. The minimum absolute atomic E-state index is 0.120. The van der Waals surface area contributed by atoms with Gasteiger partial charge in [0.2, 0.25) is 5.43 Å². The highest BCUT2D eigenvalue weighted by Gasteiger charge is 2.36. The summed E-state index contributed by atoms with van der Waals surface area (Å²) in [5, 5.41) is 3.16. The summed E-state index contributed by atoms with van der Waals surface area (Å²) in [5.74, 6) is 0.780. The van der Waals surface area contributed by atoms with Gasteiger partial charge in [0.05, 0.1) is 6.04 Å². The molecule has 148 valence electrons. The average molecular weight is 372 g/mol. The summed E-state index contributed by atoms with van der Waals surface area (Å²) in [6, 6.07) is -0.120. The number of hydrogen-bond acceptors (Lipinski definition) is 3. The summed E-state index contributed by atoms with van der Waals surface area (Å²) >= 11 is 0. The molecule has 1 amide bonds. The third-order valence-electron chi connectivity index (χ3n) is 5.90. The molecule has 0 saturated heterocycles. The van der Waals surface area contributed by atoms with Gasteiger partial charge in [-0.2, -0.15) is 0 Å². The SMILES string of the molecule is CCCCc1oc(C)c(C)c(=O)c1C(=O)NC1C(CC)=CC=CC1(C)CC. The van der Waals surface area contributed by atoms with Crippen LogP contribution in [0.2, 0.25) is 0 Å². The van der Waals surface area contributed by atoms with E-state index in [1.807, 2.05) is 0 Å². The van der Waals surface area contributed by atoms with Crippen LogP contribution in [0.4, 0.5) is 0 Å².